The lowest BCUT2D eigenvalue weighted by Gasteiger charge is -2.45. The van der Waals surface area contributed by atoms with Crippen LogP contribution in [0, 0.1) is 175 Å². The second-order valence-corrected chi connectivity index (χ2v) is 36.8. The number of aromatic nitrogens is 2. The molecule has 16 rings (SSSR count). The number of benzene rings is 12. The van der Waals surface area contributed by atoms with Crippen LogP contribution in [-0.2, 0) is 13.1 Å². The summed E-state index contributed by atoms with van der Waals surface area (Å²) >= 11 is 19.1. The van der Waals surface area contributed by atoms with E-state index in [-0.39, 0.29) is 32.8 Å². The molecule has 0 aliphatic carbocycles. The number of alkyl halides is 4. The van der Waals surface area contributed by atoms with Crippen molar-refractivity contribution in [2.24, 2.45) is 0 Å². The van der Waals surface area contributed by atoms with Gasteiger partial charge in [-0.3, -0.25) is 0 Å². The molecule has 0 unspecified atom stereocenters. The third kappa shape index (κ3) is 19.8. The molecule has 4 heterocycles. The van der Waals surface area contributed by atoms with Crippen molar-refractivity contribution in [3.63, 3.8) is 0 Å². The first-order chi connectivity index (χ1) is 64.8. The van der Waals surface area contributed by atoms with E-state index in [4.69, 9.17) is 46.4 Å². The fraction of sp³-hybridized carbons (Fsp3) is 0.224. The van der Waals surface area contributed by atoms with Crippen molar-refractivity contribution < 1.29 is 142 Å². The second kappa shape index (κ2) is 42.5. The lowest BCUT2D eigenvalue weighted by molar-refractivity contribution is -0.787. The molecule has 2 aliphatic heterocycles. The first-order valence-corrected chi connectivity index (χ1v) is 43.8. The predicted molar refractivity (Wildman–Crippen MR) is 473 cm³/mol. The molecule has 12 aromatic carbocycles. The molecule has 14 aromatic rings. The minimum absolute atomic E-state index is 0.194. The number of piperidine rings is 2. The molecule has 138 heavy (non-hydrogen) atoms. The summed E-state index contributed by atoms with van der Waals surface area (Å²) in [5.74, 6) is -91.7. The Morgan fingerprint density at radius 1 is 0.225 bits per heavy atom. The highest BCUT2D eigenvalue weighted by Gasteiger charge is 2.55. The van der Waals surface area contributed by atoms with Crippen LogP contribution in [0.1, 0.15) is 105 Å². The molecule has 0 saturated carbocycles. The average Bonchev–Trinajstić information content (AvgIpc) is 1.38. The van der Waals surface area contributed by atoms with Crippen LogP contribution in [0.15, 0.2) is 170 Å². The maximum absolute atomic E-state index is 16.6. The van der Waals surface area contributed by atoms with Gasteiger partial charge >= 0.3 is 0 Å². The predicted octanol–water partition coefficient (Wildman–Crippen LogP) is 23.1. The van der Waals surface area contributed by atoms with Crippen molar-refractivity contribution in [3.8, 4) is 22.5 Å². The van der Waals surface area contributed by atoms with Gasteiger partial charge in [-0.15, -0.1) is 79.2 Å². The molecule has 2 saturated heterocycles. The van der Waals surface area contributed by atoms with Gasteiger partial charge < -0.3 is 19.8 Å². The number of rotatable bonds is 14. The van der Waals surface area contributed by atoms with Crippen molar-refractivity contribution >= 4 is 124 Å². The van der Waals surface area contributed by atoms with Crippen molar-refractivity contribution in [1.29, 1.82) is 0 Å². The summed E-state index contributed by atoms with van der Waals surface area (Å²) in [5, 5.41) is 4.06. The Morgan fingerprint density at radius 2 is 0.384 bits per heavy atom. The molecule has 2 aliphatic rings. The Morgan fingerprint density at radius 3 is 0.558 bits per heavy atom. The lowest BCUT2D eigenvalue weighted by atomic mass is 9.12. The smallest absolute Gasteiger partial charge is 0.200 e. The van der Waals surface area contributed by atoms with Gasteiger partial charge in [0.15, 0.2) is 105 Å². The van der Waals surface area contributed by atoms with Gasteiger partial charge in [0.2, 0.25) is 0 Å². The van der Waals surface area contributed by atoms with Gasteiger partial charge in [0.1, 0.15) is 82.1 Å². The lowest BCUT2D eigenvalue weighted by Crippen LogP contribution is -3.05. The first-order valence-electron chi connectivity index (χ1n) is 41.6. The summed E-state index contributed by atoms with van der Waals surface area (Å²) in [6.07, 6.45) is -3.86. The Bertz CT molecular complexity index is 5980. The van der Waals surface area contributed by atoms with Crippen LogP contribution in [0.4, 0.5) is 132 Å². The molecule has 4 nitrogen and oxygen atoms in total. The highest BCUT2D eigenvalue weighted by molar-refractivity contribution is 7.22. The molecule has 0 radical (unpaired) electrons. The van der Waals surface area contributed by atoms with Crippen LogP contribution in [-0.4, -0.2) is 54.3 Å². The van der Waals surface area contributed by atoms with Crippen LogP contribution in [0.3, 0.4) is 0 Å². The number of nitrogens with zero attached hydrogens (tertiary/aromatic N) is 2. The van der Waals surface area contributed by atoms with Gasteiger partial charge in [-0.05, 0) is 113 Å². The standard InChI is InChI=1S/2C39H16BF15N.2C9H19N.2CH2Cl2/c2*41-24-21(25(42)31(48)36(53)30(24)47)40(22-26(43)32(49)37(54)33(50)27(22)44,23-28(45)34(51)38(55)35(52)29(23)46)20-18-13-7-8-14-19(18)56(15-16-9-3-1-4-10-16)39(20)17-11-5-2-6-12-17;2*1-8(2)6-5-7-9(3,4)10-8;2*2-1-3/h2*1-14H,15H2;2*10H,5-7H2,1-4H3;2*1H2/q2*-1;;;;/p+2. The number of hydrogen-bond donors (Lipinski definition) is 2. The van der Waals surface area contributed by atoms with E-state index in [1.807, 2.05) is 0 Å². The first kappa shape index (κ1) is 107. The zero-order chi connectivity index (χ0) is 102. The molecule has 0 atom stereocenters. The van der Waals surface area contributed by atoms with Crippen LogP contribution < -0.4 is 54.3 Å². The maximum atomic E-state index is 16.6. The van der Waals surface area contributed by atoms with E-state index in [2.05, 4.69) is 66.0 Å². The number of halogens is 34. The highest BCUT2D eigenvalue weighted by atomic mass is 35.5. The molecule has 0 bridgehead atoms. The number of quaternary nitrogens is 2. The molecule has 2 aromatic heterocycles. The largest absolute Gasteiger partial charge is 0.339 e. The summed E-state index contributed by atoms with van der Waals surface area (Å²) < 4.78 is 475. The van der Waals surface area contributed by atoms with Crippen molar-refractivity contribution in [1.82, 2.24) is 9.13 Å². The number of hydrogen-bond acceptors (Lipinski definition) is 0. The van der Waals surface area contributed by atoms with E-state index in [0.717, 1.165) is 57.7 Å². The quantitative estimate of drug-likeness (QED) is 0.0358. The molecular weight excluding hydrogens is 1970 g/mol. The van der Waals surface area contributed by atoms with Gasteiger partial charge in [-0.2, -0.15) is 10.9 Å². The van der Waals surface area contributed by atoms with Gasteiger partial charge in [0.05, 0.1) is 32.8 Å². The summed E-state index contributed by atoms with van der Waals surface area (Å²) in [5.41, 5.74) is -18.7. The SMILES string of the molecule is CC1(C)CCCC(C)(C)[NH2+]1.CC1(C)CCCC(C)(C)[NH2+]1.ClCCl.ClCCl.Fc1c(F)c(F)c([B-](c2c(F)c(F)c(F)c(F)c2F)(c2c(F)c(F)c(F)c(F)c2F)c2c(-c3ccccc3)n(Cc3ccccc3)c3ccccc23)c(F)c1F.Fc1c(F)c(F)c([B-](c2c(F)c(F)c(F)c(F)c2F)(c2c(F)c(F)c(F)c(F)c2F)c2c(-c3ccccc3)n(Cc3ccccc3)c3ccccc23)c(F)c1F. The van der Waals surface area contributed by atoms with Gasteiger partial charge in [0.25, 0.3) is 0 Å². The fourth-order valence-corrected chi connectivity index (χ4v) is 19.4. The van der Waals surface area contributed by atoms with Crippen LogP contribution >= 0.6 is 46.4 Å². The summed E-state index contributed by atoms with van der Waals surface area (Å²) in [6.45, 7) is 17.9. The minimum atomic E-state index is -6.07. The Hall–Kier alpha value is -11.2. The van der Waals surface area contributed by atoms with Crippen molar-refractivity contribution in [2.45, 2.75) is 129 Å². The Kier molecular flexibility index (Phi) is 33.0. The van der Waals surface area contributed by atoms with Crippen LogP contribution in [0.25, 0.3) is 44.3 Å². The molecule has 40 heteroatoms. The van der Waals surface area contributed by atoms with E-state index >= 15 is 105 Å². The molecule has 4 N–H and O–H groups in total. The average molecular weight is 2040 g/mol. The monoisotopic (exact) mass is 2040 g/mol. The second-order valence-electron chi connectivity index (χ2n) is 35.2. The molecule has 0 amide bonds. The van der Waals surface area contributed by atoms with Crippen LogP contribution in [0.5, 0.6) is 0 Å². The number of nitrogens with two attached hydrogens (primary N) is 2. The van der Waals surface area contributed by atoms with Gasteiger partial charge in [-0.1, -0.05) is 158 Å². The zero-order valence-electron chi connectivity index (χ0n) is 73.3. The third-order valence-electron chi connectivity index (χ3n) is 24.3. The van der Waals surface area contributed by atoms with Crippen molar-refractivity contribution in [2.75, 3.05) is 10.7 Å². The van der Waals surface area contributed by atoms with Gasteiger partial charge in [0, 0.05) is 61.2 Å². The summed E-state index contributed by atoms with van der Waals surface area (Å²) in [6, 6.07) is 36.7. The Balaban J connectivity index is 0.000000209. The van der Waals surface area contributed by atoms with E-state index in [9.17, 15) is 26.3 Å². The molecular formula is C98H76B2Cl4F30N4. The topological polar surface area (TPSA) is 43.1 Å². The number of para-hydroxylation sites is 2. The van der Waals surface area contributed by atoms with Crippen molar-refractivity contribution in [3.05, 3.63) is 356 Å². The summed E-state index contributed by atoms with van der Waals surface area (Å²) in [4.78, 5) is 0. The van der Waals surface area contributed by atoms with E-state index in [1.165, 1.54) is 148 Å². The normalized spacial score (nSPS) is 14.3. The number of fused-ring (bicyclic) bond motifs is 2. The molecule has 0 spiro atoms. The molecule has 2 fully saturated rings. The zero-order valence-corrected chi connectivity index (χ0v) is 76.3. The molecule has 732 valence electrons. The van der Waals surface area contributed by atoms with Crippen LogP contribution in [0.2, 0.25) is 0 Å². The summed E-state index contributed by atoms with van der Waals surface area (Å²) in [7, 11) is 0. The van der Waals surface area contributed by atoms with E-state index in [1.54, 1.807) is 12.1 Å². The maximum Gasteiger partial charge on any atom is 0.200 e. The van der Waals surface area contributed by atoms with E-state index < -0.39 is 266 Å². The minimum Gasteiger partial charge on any atom is -0.339 e. The van der Waals surface area contributed by atoms with Gasteiger partial charge in [-0.25, -0.2) is 132 Å². The Labute approximate surface area is 789 Å². The van der Waals surface area contributed by atoms with E-state index in [0.29, 0.717) is 33.3 Å². The highest BCUT2D eigenvalue weighted by Crippen LogP contribution is 2.40. The third-order valence-corrected chi connectivity index (χ3v) is 24.3. The fourth-order valence-electron chi connectivity index (χ4n) is 19.4.